The molecule has 1 aliphatic rings. The van der Waals surface area contributed by atoms with E-state index in [1.54, 1.807) is 12.1 Å². The molecule has 0 bridgehead atoms. The van der Waals surface area contributed by atoms with Gasteiger partial charge in [-0.1, -0.05) is 35.5 Å². The largest absolute Gasteiger partial charge is 0.369 e. The Morgan fingerprint density at radius 2 is 1.81 bits per heavy atom. The van der Waals surface area contributed by atoms with Crippen molar-refractivity contribution >= 4 is 11.4 Å². The minimum atomic E-state index is -0.434. The number of anilines is 1. The van der Waals surface area contributed by atoms with Gasteiger partial charge in [0, 0.05) is 49.6 Å². The quantitative estimate of drug-likeness (QED) is 0.507. The summed E-state index contributed by atoms with van der Waals surface area (Å²) in [5.41, 5.74) is 1.83. The van der Waals surface area contributed by atoms with E-state index in [2.05, 4.69) is 44.2 Å². The molecule has 1 aliphatic heterocycles. The number of non-ortho nitro benzene ring substituents is 1. The number of hydrogen-bond acceptors (Lipinski definition) is 7. The van der Waals surface area contributed by atoms with Gasteiger partial charge in [0.2, 0.25) is 11.7 Å². The van der Waals surface area contributed by atoms with E-state index < -0.39 is 4.92 Å². The Balaban J connectivity index is 1.38. The molecule has 2 aromatic carbocycles. The Morgan fingerprint density at radius 1 is 1.04 bits per heavy atom. The Bertz CT molecular complexity index is 920. The van der Waals surface area contributed by atoms with Gasteiger partial charge in [-0.25, -0.2) is 0 Å². The van der Waals surface area contributed by atoms with Crippen molar-refractivity contribution < 1.29 is 9.45 Å². The van der Waals surface area contributed by atoms with Crippen molar-refractivity contribution in [3.05, 3.63) is 70.6 Å². The van der Waals surface area contributed by atoms with Crippen molar-refractivity contribution in [3.63, 3.8) is 0 Å². The molecule has 2 heterocycles. The van der Waals surface area contributed by atoms with E-state index in [0.717, 1.165) is 26.2 Å². The van der Waals surface area contributed by atoms with E-state index in [0.29, 0.717) is 23.8 Å². The second-order valence-corrected chi connectivity index (χ2v) is 6.42. The molecule has 0 aliphatic carbocycles. The number of para-hydroxylation sites is 1. The average molecular weight is 365 g/mol. The van der Waals surface area contributed by atoms with E-state index in [4.69, 9.17) is 4.52 Å². The van der Waals surface area contributed by atoms with Gasteiger partial charge in [-0.05, 0) is 12.1 Å². The first-order chi connectivity index (χ1) is 13.2. The predicted octanol–water partition coefficient (Wildman–Crippen LogP) is 2.97. The average Bonchev–Trinajstić information content (AvgIpc) is 3.18. The smallest absolute Gasteiger partial charge is 0.270 e. The topological polar surface area (TPSA) is 88.5 Å². The highest BCUT2D eigenvalue weighted by molar-refractivity contribution is 5.58. The molecule has 1 saturated heterocycles. The van der Waals surface area contributed by atoms with Crippen LogP contribution in [0.1, 0.15) is 5.89 Å². The number of nitrogens with zero attached hydrogens (tertiary/aromatic N) is 5. The van der Waals surface area contributed by atoms with Crippen LogP contribution in [0.2, 0.25) is 0 Å². The highest BCUT2D eigenvalue weighted by Gasteiger charge is 2.20. The summed E-state index contributed by atoms with van der Waals surface area (Å²) in [5, 5.41) is 14.9. The zero-order valence-corrected chi connectivity index (χ0v) is 14.7. The molecule has 0 N–H and O–H groups in total. The van der Waals surface area contributed by atoms with Gasteiger partial charge < -0.3 is 9.42 Å². The van der Waals surface area contributed by atoms with E-state index in [1.165, 1.54) is 17.8 Å². The first-order valence-electron chi connectivity index (χ1n) is 8.79. The molecule has 0 spiro atoms. The highest BCUT2D eigenvalue weighted by atomic mass is 16.6. The van der Waals surface area contributed by atoms with E-state index in [-0.39, 0.29) is 5.69 Å². The first-order valence-corrected chi connectivity index (χ1v) is 8.79. The minimum Gasteiger partial charge on any atom is -0.369 e. The zero-order valence-electron chi connectivity index (χ0n) is 14.7. The Hall–Kier alpha value is -3.26. The van der Waals surface area contributed by atoms with Crippen molar-refractivity contribution in [3.8, 4) is 11.4 Å². The molecule has 0 saturated carbocycles. The van der Waals surface area contributed by atoms with Crippen LogP contribution in [0.5, 0.6) is 0 Å². The van der Waals surface area contributed by atoms with Crippen LogP contribution in [0.4, 0.5) is 11.4 Å². The minimum absolute atomic E-state index is 0.0101. The number of aromatic nitrogens is 2. The molecule has 1 aromatic heterocycles. The maximum atomic E-state index is 10.9. The molecule has 27 heavy (non-hydrogen) atoms. The summed E-state index contributed by atoms with van der Waals surface area (Å²) in [6.45, 7) is 4.27. The third kappa shape index (κ3) is 3.95. The summed E-state index contributed by atoms with van der Waals surface area (Å²) in [7, 11) is 0. The summed E-state index contributed by atoms with van der Waals surface area (Å²) >= 11 is 0. The molecule has 8 heteroatoms. The van der Waals surface area contributed by atoms with Crippen LogP contribution >= 0.6 is 0 Å². The van der Waals surface area contributed by atoms with Crippen molar-refractivity contribution in [2.75, 3.05) is 31.1 Å². The predicted molar refractivity (Wildman–Crippen MR) is 100 cm³/mol. The summed E-state index contributed by atoms with van der Waals surface area (Å²) in [5.74, 6) is 0.890. The first kappa shape index (κ1) is 17.2. The van der Waals surface area contributed by atoms with Crippen LogP contribution in [0.3, 0.4) is 0 Å². The number of hydrogen-bond donors (Lipinski definition) is 0. The van der Waals surface area contributed by atoms with Gasteiger partial charge in [0.15, 0.2) is 0 Å². The molecule has 8 nitrogen and oxygen atoms in total. The molecule has 1 fully saturated rings. The molecule has 3 aromatic rings. The van der Waals surface area contributed by atoms with Gasteiger partial charge in [-0.3, -0.25) is 15.0 Å². The lowest BCUT2D eigenvalue weighted by molar-refractivity contribution is -0.384. The number of rotatable bonds is 5. The fourth-order valence-corrected chi connectivity index (χ4v) is 3.19. The Labute approximate surface area is 156 Å². The van der Waals surface area contributed by atoms with Crippen LogP contribution in [0, 0.1) is 10.1 Å². The number of nitro benzene ring substituents is 1. The second kappa shape index (κ2) is 7.55. The summed E-state index contributed by atoms with van der Waals surface area (Å²) in [4.78, 5) is 19.5. The van der Waals surface area contributed by atoms with Gasteiger partial charge >= 0.3 is 0 Å². The molecular weight excluding hydrogens is 346 g/mol. The van der Waals surface area contributed by atoms with Gasteiger partial charge in [-0.2, -0.15) is 4.98 Å². The SMILES string of the molecule is O=[N+]([O-])c1cccc(-c2noc(CN3CCN(c4ccccc4)CC3)n2)c1. The maximum Gasteiger partial charge on any atom is 0.270 e. The van der Waals surface area contributed by atoms with Crippen molar-refractivity contribution in [2.24, 2.45) is 0 Å². The standard InChI is InChI=1S/C19H19N5O3/c25-24(26)17-8-4-5-15(13-17)19-20-18(27-21-19)14-22-9-11-23(12-10-22)16-6-2-1-3-7-16/h1-8,13H,9-12,14H2. The molecule has 138 valence electrons. The van der Waals surface area contributed by atoms with Crippen LogP contribution in [-0.4, -0.2) is 46.1 Å². The highest BCUT2D eigenvalue weighted by Crippen LogP contribution is 2.22. The summed E-state index contributed by atoms with van der Waals surface area (Å²) in [6.07, 6.45) is 0. The fourth-order valence-electron chi connectivity index (χ4n) is 3.19. The van der Waals surface area contributed by atoms with E-state index in [9.17, 15) is 10.1 Å². The van der Waals surface area contributed by atoms with Crippen molar-refractivity contribution in [1.29, 1.82) is 0 Å². The van der Waals surface area contributed by atoms with E-state index in [1.807, 2.05) is 6.07 Å². The third-order valence-corrected chi connectivity index (χ3v) is 4.64. The number of benzene rings is 2. The van der Waals surface area contributed by atoms with Gasteiger partial charge in [0.1, 0.15) is 0 Å². The normalized spacial score (nSPS) is 15.0. The van der Waals surface area contributed by atoms with Gasteiger partial charge in [-0.15, -0.1) is 0 Å². The van der Waals surface area contributed by atoms with Crippen LogP contribution in [0.15, 0.2) is 59.1 Å². The molecular formula is C19H19N5O3. The number of nitro groups is 1. The third-order valence-electron chi connectivity index (χ3n) is 4.64. The fraction of sp³-hybridized carbons (Fsp3) is 0.263. The second-order valence-electron chi connectivity index (χ2n) is 6.42. The molecule has 0 amide bonds. The monoisotopic (exact) mass is 365 g/mol. The lowest BCUT2D eigenvalue weighted by Crippen LogP contribution is -2.46. The summed E-state index contributed by atoms with van der Waals surface area (Å²) in [6, 6.07) is 16.6. The van der Waals surface area contributed by atoms with Crippen molar-refractivity contribution in [2.45, 2.75) is 6.54 Å². The number of piperazine rings is 1. The Morgan fingerprint density at radius 3 is 2.56 bits per heavy atom. The summed E-state index contributed by atoms with van der Waals surface area (Å²) < 4.78 is 5.35. The van der Waals surface area contributed by atoms with Crippen molar-refractivity contribution in [1.82, 2.24) is 15.0 Å². The molecule has 0 radical (unpaired) electrons. The van der Waals surface area contributed by atoms with Crippen LogP contribution in [0.25, 0.3) is 11.4 Å². The van der Waals surface area contributed by atoms with Crippen LogP contribution in [-0.2, 0) is 6.54 Å². The molecule has 0 unspecified atom stereocenters. The maximum absolute atomic E-state index is 10.9. The molecule has 0 atom stereocenters. The van der Waals surface area contributed by atoms with Gasteiger partial charge in [0.05, 0.1) is 11.5 Å². The zero-order chi connectivity index (χ0) is 18.6. The molecule has 4 rings (SSSR count). The van der Waals surface area contributed by atoms with Gasteiger partial charge in [0.25, 0.3) is 5.69 Å². The van der Waals surface area contributed by atoms with E-state index >= 15 is 0 Å². The lowest BCUT2D eigenvalue weighted by Gasteiger charge is -2.35. The lowest BCUT2D eigenvalue weighted by atomic mass is 10.2. The Kier molecular flexibility index (Phi) is 4.80. The van der Waals surface area contributed by atoms with Crippen LogP contribution < -0.4 is 4.90 Å².